The van der Waals surface area contributed by atoms with Gasteiger partial charge < -0.3 is 14.7 Å². The van der Waals surface area contributed by atoms with Crippen LogP contribution in [0.15, 0.2) is 53.1 Å². The van der Waals surface area contributed by atoms with Crippen LogP contribution in [0.4, 0.5) is 0 Å². The Balaban J connectivity index is 1.36. The molecule has 1 atom stereocenters. The van der Waals surface area contributed by atoms with Gasteiger partial charge in [-0.1, -0.05) is 47.1 Å². The number of nitrogens with zero attached hydrogens (tertiary/aromatic N) is 2. The number of rotatable bonds is 5. The van der Waals surface area contributed by atoms with Gasteiger partial charge in [-0.15, -0.1) is 0 Å². The number of amides is 2. The van der Waals surface area contributed by atoms with Crippen molar-refractivity contribution in [2.45, 2.75) is 32.4 Å². The summed E-state index contributed by atoms with van der Waals surface area (Å²) in [4.78, 5) is 26.8. The summed E-state index contributed by atoms with van der Waals surface area (Å²) in [7, 11) is 0. The molecule has 0 saturated carbocycles. The number of carbonyl (C=O) groups excluding carboxylic acids is 2. The molecule has 0 bridgehead atoms. The smallest absolute Gasteiger partial charge is 0.245 e. The van der Waals surface area contributed by atoms with Crippen LogP contribution in [0.25, 0.3) is 11.0 Å². The molecule has 1 aliphatic heterocycles. The number of fused-ring (bicyclic) bond motifs is 1. The number of aromatic nitrogens is 1. The van der Waals surface area contributed by atoms with Crippen molar-refractivity contribution in [3.63, 3.8) is 0 Å². The van der Waals surface area contributed by atoms with Crippen LogP contribution < -0.4 is 5.32 Å². The highest BCUT2D eigenvalue weighted by molar-refractivity contribution is 5.91. The quantitative estimate of drug-likeness (QED) is 0.756. The highest BCUT2D eigenvalue weighted by Crippen LogP contribution is 2.19. The average molecular weight is 363 g/mol. The molecule has 6 nitrogen and oxygen atoms in total. The molecule has 1 aliphatic rings. The van der Waals surface area contributed by atoms with Crippen molar-refractivity contribution in [1.29, 1.82) is 0 Å². The molecule has 27 heavy (non-hydrogen) atoms. The van der Waals surface area contributed by atoms with Crippen LogP contribution in [0.2, 0.25) is 0 Å². The molecular weight excluding hydrogens is 342 g/mol. The molecule has 1 aromatic heterocycles. The largest absolute Gasteiger partial charge is 0.356 e. The number of likely N-dealkylation sites (tertiary alicyclic amines) is 1. The average Bonchev–Trinajstić information content (AvgIpc) is 3.22. The molecule has 6 heteroatoms. The van der Waals surface area contributed by atoms with Crippen LogP contribution in [0.1, 0.15) is 23.2 Å². The lowest BCUT2D eigenvalue weighted by molar-refractivity contribution is -0.132. The maximum Gasteiger partial charge on any atom is 0.245 e. The second-order valence-electron chi connectivity index (χ2n) is 6.96. The lowest BCUT2D eigenvalue weighted by atomic mass is 10.1. The van der Waals surface area contributed by atoms with Crippen LogP contribution >= 0.6 is 0 Å². The molecule has 0 spiro atoms. The van der Waals surface area contributed by atoms with Crippen LogP contribution in [0.3, 0.4) is 0 Å². The lowest BCUT2D eigenvalue weighted by Crippen LogP contribution is -2.42. The number of carbonyl (C=O) groups is 2. The van der Waals surface area contributed by atoms with Gasteiger partial charge in [-0.2, -0.15) is 0 Å². The van der Waals surface area contributed by atoms with E-state index in [1.54, 1.807) is 4.90 Å². The van der Waals surface area contributed by atoms with Gasteiger partial charge in [0.05, 0.1) is 6.42 Å². The van der Waals surface area contributed by atoms with Gasteiger partial charge in [0.2, 0.25) is 11.8 Å². The summed E-state index contributed by atoms with van der Waals surface area (Å²) in [5, 5.41) is 7.65. The van der Waals surface area contributed by atoms with E-state index in [0.29, 0.717) is 30.8 Å². The Kier molecular flexibility index (Phi) is 4.62. The van der Waals surface area contributed by atoms with E-state index < -0.39 is 6.04 Å². The van der Waals surface area contributed by atoms with Crippen LogP contribution in [-0.4, -0.2) is 34.5 Å². The van der Waals surface area contributed by atoms with E-state index in [0.717, 1.165) is 10.9 Å². The van der Waals surface area contributed by atoms with Crippen molar-refractivity contribution in [2.24, 2.45) is 0 Å². The van der Waals surface area contributed by atoms with Gasteiger partial charge in [0.1, 0.15) is 11.7 Å². The molecule has 1 unspecified atom stereocenters. The first-order chi connectivity index (χ1) is 13.1. The van der Waals surface area contributed by atoms with Gasteiger partial charge in [-0.05, 0) is 31.0 Å². The minimum Gasteiger partial charge on any atom is -0.356 e. The molecule has 4 rings (SSSR count). The summed E-state index contributed by atoms with van der Waals surface area (Å²) >= 11 is 0. The Labute approximate surface area is 157 Å². The SMILES string of the molecule is Cc1ccc(CN2CCC(NC(=O)Cc3noc4ccccc34)C2=O)cc1. The minimum absolute atomic E-state index is 0.0334. The number of benzene rings is 2. The highest BCUT2D eigenvalue weighted by Gasteiger charge is 2.32. The Bertz CT molecular complexity index is 978. The standard InChI is InChI=1S/C21H21N3O3/c1-14-6-8-15(9-7-14)13-24-11-10-17(21(24)26)22-20(25)12-18-16-4-2-3-5-19(16)27-23-18/h2-9,17H,10-13H2,1H3,(H,22,25). The monoisotopic (exact) mass is 363 g/mol. The van der Waals surface area contributed by atoms with E-state index in [1.165, 1.54) is 5.56 Å². The molecular formula is C21H21N3O3. The Hall–Kier alpha value is -3.15. The zero-order valence-corrected chi connectivity index (χ0v) is 15.1. The fraction of sp³-hybridized carbons (Fsp3) is 0.286. The summed E-state index contributed by atoms with van der Waals surface area (Å²) in [6.45, 7) is 3.25. The van der Waals surface area contributed by atoms with Gasteiger partial charge in [0.15, 0.2) is 5.58 Å². The van der Waals surface area contributed by atoms with Crippen molar-refractivity contribution in [2.75, 3.05) is 6.54 Å². The second-order valence-corrected chi connectivity index (χ2v) is 6.96. The van der Waals surface area contributed by atoms with E-state index in [-0.39, 0.29) is 18.2 Å². The second kappa shape index (κ2) is 7.23. The molecule has 1 saturated heterocycles. The maximum absolute atomic E-state index is 12.6. The van der Waals surface area contributed by atoms with E-state index in [4.69, 9.17) is 4.52 Å². The van der Waals surface area contributed by atoms with Crippen LogP contribution in [-0.2, 0) is 22.6 Å². The van der Waals surface area contributed by atoms with Gasteiger partial charge in [0, 0.05) is 18.5 Å². The van der Waals surface area contributed by atoms with Crippen molar-refractivity contribution in [3.05, 3.63) is 65.4 Å². The fourth-order valence-corrected chi connectivity index (χ4v) is 3.41. The predicted molar refractivity (Wildman–Crippen MR) is 101 cm³/mol. The Morgan fingerprint density at radius 3 is 2.81 bits per heavy atom. The number of aryl methyl sites for hydroxylation is 1. The molecule has 1 fully saturated rings. The first-order valence-corrected chi connectivity index (χ1v) is 9.07. The number of hydrogen-bond donors (Lipinski definition) is 1. The zero-order chi connectivity index (χ0) is 18.8. The third kappa shape index (κ3) is 3.69. The Morgan fingerprint density at radius 1 is 1.22 bits per heavy atom. The van der Waals surface area contributed by atoms with E-state index in [2.05, 4.69) is 10.5 Å². The molecule has 0 aliphatic carbocycles. The third-order valence-electron chi connectivity index (χ3n) is 4.91. The predicted octanol–water partition coefficient (Wildman–Crippen LogP) is 2.60. The number of para-hydroxylation sites is 1. The number of hydrogen-bond acceptors (Lipinski definition) is 4. The highest BCUT2D eigenvalue weighted by atomic mass is 16.5. The molecule has 3 aromatic rings. The molecule has 2 heterocycles. The van der Waals surface area contributed by atoms with Crippen molar-refractivity contribution in [3.8, 4) is 0 Å². The van der Waals surface area contributed by atoms with Gasteiger partial charge in [0.25, 0.3) is 0 Å². The molecule has 0 radical (unpaired) electrons. The molecule has 2 amide bonds. The fourth-order valence-electron chi connectivity index (χ4n) is 3.41. The van der Waals surface area contributed by atoms with Crippen molar-refractivity contribution in [1.82, 2.24) is 15.4 Å². The van der Waals surface area contributed by atoms with Crippen molar-refractivity contribution < 1.29 is 14.1 Å². The van der Waals surface area contributed by atoms with E-state index >= 15 is 0 Å². The normalized spacial score (nSPS) is 16.9. The Morgan fingerprint density at radius 2 is 2.00 bits per heavy atom. The molecule has 138 valence electrons. The lowest BCUT2D eigenvalue weighted by Gasteiger charge is -2.17. The van der Waals surface area contributed by atoms with Gasteiger partial charge in [-0.3, -0.25) is 9.59 Å². The molecule has 1 N–H and O–H groups in total. The first kappa shape index (κ1) is 17.3. The van der Waals surface area contributed by atoms with Crippen LogP contribution in [0, 0.1) is 6.92 Å². The van der Waals surface area contributed by atoms with Crippen LogP contribution in [0.5, 0.6) is 0 Å². The summed E-state index contributed by atoms with van der Waals surface area (Å²) in [6.07, 6.45) is 0.717. The topological polar surface area (TPSA) is 75.4 Å². The maximum atomic E-state index is 12.6. The summed E-state index contributed by atoms with van der Waals surface area (Å²) in [5.74, 6) is -0.251. The van der Waals surface area contributed by atoms with E-state index in [1.807, 2.05) is 55.5 Å². The van der Waals surface area contributed by atoms with Gasteiger partial charge >= 0.3 is 0 Å². The molecule has 2 aromatic carbocycles. The number of nitrogens with one attached hydrogen (secondary N) is 1. The first-order valence-electron chi connectivity index (χ1n) is 9.07. The summed E-state index contributed by atoms with van der Waals surface area (Å²) in [6, 6.07) is 15.1. The minimum atomic E-state index is -0.471. The zero-order valence-electron chi connectivity index (χ0n) is 15.1. The van der Waals surface area contributed by atoms with Gasteiger partial charge in [-0.25, -0.2) is 0 Å². The van der Waals surface area contributed by atoms with Crippen molar-refractivity contribution >= 4 is 22.8 Å². The third-order valence-corrected chi connectivity index (χ3v) is 4.91. The van der Waals surface area contributed by atoms with E-state index in [9.17, 15) is 9.59 Å². The summed E-state index contributed by atoms with van der Waals surface area (Å²) in [5.41, 5.74) is 3.53. The summed E-state index contributed by atoms with van der Waals surface area (Å²) < 4.78 is 5.23.